The summed E-state index contributed by atoms with van der Waals surface area (Å²) in [6, 6.07) is 13.0. The maximum Gasteiger partial charge on any atom is 0.219 e. The number of amidine groups is 2. The minimum Gasteiger partial charge on any atom is -0.385 e. The van der Waals surface area contributed by atoms with Crippen LogP contribution in [0.25, 0.3) is 0 Å². The molecule has 0 saturated carbocycles. The van der Waals surface area contributed by atoms with Crippen LogP contribution in [-0.2, 0) is 12.0 Å². The molecule has 2 aromatic rings. The summed E-state index contributed by atoms with van der Waals surface area (Å²) in [6.45, 7) is 0. The topological polar surface area (TPSA) is 113 Å². The van der Waals surface area contributed by atoms with E-state index in [0.29, 0.717) is 15.6 Å². The number of halogens is 2. The number of benzene rings is 2. The van der Waals surface area contributed by atoms with Gasteiger partial charge >= 0.3 is 0 Å². The van der Waals surface area contributed by atoms with Crippen molar-refractivity contribution >= 4 is 46.5 Å². The highest BCUT2D eigenvalue weighted by molar-refractivity contribution is 6.42. The van der Waals surface area contributed by atoms with Gasteiger partial charge in [0.1, 0.15) is 5.84 Å². The van der Waals surface area contributed by atoms with E-state index in [1.54, 1.807) is 18.2 Å². The molecule has 0 saturated heterocycles. The van der Waals surface area contributed by atoms with E-state index in [-0.39, 0.29) is 17.6 Å². The van der Waals surface area contributed by atoms with Gasteiger partial charge in [0, 0.05) is 0 Å². The predicted octanol–water partition coefficient (Wildman–Crippen LogP) is 3.29. The third-order valence-electron chi connectivity index (χ3n) is 4.75. The summed E-state index contributed by atoms with van der Waals surface area (Å²) >= 11 is 12.2. The summed E-state index contributed by atoms with van der Waals surface area (Å²) in [7, 11) is 0. The van der Waals surface area contributed by atoms with E-state index >= 15 is 0 Å². The number of aliphatic imine (C=N–C) groups is 3. The lowest BCUT2D eigenvalue weighted by molar-refractivity contribution is 0.805. The van der Waals surface area contributed by atoms with Crippen molar-refractivity contribution in [2.75, 3.05) is 0 Å². The van der Waals surface area contributed by atoms with E-state index in [1.807, 2.05) is 18.2 Å². The largest absolute Gasteiger partial charge is 0.385 e. The number of hydrogen-bond donors (Lipinski definition) is 3. The number of nitrogens with zero attached hydrogens (tertiary/aromatic N) is 3. The highest BCUT2D eigenvalue weighted by Crippen LogP contribution is 2.36. The first-order valence-corrected chi connectivity index (χ1v) is 9.08. The average Bonchev–Trinajstić information content (AvgIpc) is 3.19. The summed E-state index contributed by atoms with van der Waals surface area (Å²) in [6.07, 6.45) is 1.67. The Bertz CT molecular complexity index is 1060. The summed E-state index contributed by atoms with van der Waals surface area (Å²) < 4.78 is 0. The average molecular weight is 399 g/mol. The zero-order valence-electron chi connectivity index (χ0n) is 14.2. The highest BCUT2D eigenvalue weighted by atomic mass is 35.5. The van der Waals surface area contributed by atoms with Crippen LogP contribution in [-0.4, -0.2) is 23.3 Å². The van der Waals surface area contributed by atoms with Gasteiger partial charge in [-0.05, 0) is 41.7 Å². The Kier molecular flexibility index (Phi) is 4.25. The van der Waals surface area contributed by atoms with Crippen LogP contribution in [0.2, 0.25) is 10.0 Å². The summed E-state index contributed by atoms with van der Waals surface area (Å²) in [5.74, 6) is 0.0372. The smallest absolute Gasteiger partial charge is 0.219 e. The fourth-order valence-corrected chi connectivity index (χ4v) is 3.74. The Hall–Kier alpha value is -2.70. The Morgan fingerprint density at radius 3 is 2.63 bits per heavy atom. The standard InChI is InChI=1S/C19H16Cl2N6/c20-13-7-6-11(9-14(13)21)19(16(22)23)17(26-18(24)27-19)25-15-8-5-10-3-1-2-4-12(10)15/h1-4,6-7,9H,5,8H2,(H3,22,23)(H2,24,27). The van der Waals surface area contributed by atoms with E-state index in [4.69, 9.17) is 45.1 Å². The molecule has 5 N–H and O–H groups in total. The van der Waals surface area contributed by atoms with Crippen LogP contribution in [0.5, 0.6) is 0 Å². The monoisotopic (exact) mass is 398 g/mol. The van der Waals surface area contributed by atoms with Crippen LogP contribution in [0.3, 0.4) is 0 Å². The number of nitrogens with one attached hydrogen (secondary N) is 1. The second kappa shape index (κ2) is 6.48. The number of rotatable bonds is 2. The van der Waals surface area contributed by atoms with Crippen molar-refractivity contribution in [3.8, 4) is 0 Å². The second-order valence-corrected chi connectivity index (χ2v) is 7.19. The lowest BCUT2D eigenvalue weighted by Gasteiger charge is -2.25. The minimum absolute atomic E-state index is 0.0157. The van der Waals surface area contributed by atoms with Crippen LogP contribution in [0.15, 0.2) is 57.4 Å². The molecule has 27 heavy (non-hydrogen) atoms. The number of aryl methyl sites for hydroxylation is 1. The Balaban J connectivity index is 1.87. The van der Waals surface area contributed by atoms with Gasteiger partial charge < -0.3 is 11.5 Å². The van der Waals surface area contributed by atoms with E-state index in [2.05, 4.69) is 16.1 Å². The van der Waals surface area contributed by atoms with Crippen LogP contribution in [0.4, 0.5) is 0 Å². The van der Waals surface area contributed by atoms with E-state index < -0.39 is 5.54 Å². The zero-order chi connectivity index (χ0) is 19.2. The molecule has 4 rings (SSSR count). The molecular formula is C19H16Cl2N6. The van der Waals surface area contributed by atoms with Gasteiger partial charge in [0.15, 0.2) is 5.84 Å². The lowest BCUT2D eigenvalue weighted by atomic mass is 9.88. The van der Waals surface area contributed by atoms with Gasteiger partial charge in [-0.25, -0.2) is 9.98 Å². The summed E-state index contributed by atoms with van der Waals surface area (Å²) in [5, 5.41) is 8.95. The van der Waals surface area contributed by atoms with Gasteiger partial charge in [0.05, 0.1) is 15.8 Å². The molecule has 1 aliphatic heterocycles. The predicted molar refractivity (Wildman–Crippen MR) is 110 cm³/mol. The Morgan fingerprint density at radius 1 is 1.11 bits per heavy atom. The number of hydrogen-bond acceptors (Lipinski definition) is 5. The van der Waals surface area contributed by atoms with Crippen LogP contribution < -0.4 is 11.5 Å². The molecule has 0 radical (unpaired) electrons. The normalized spacial score (nSPS) is 22.5. The molecule has 2 aliphatic rings. The minimum atomic E-state index is -1.41. The lowest BCUT2D eigenvalue weighted by Crippen LogP contribution is -2.44. The number of nitrogens with two attached hydrogens (primary N) is 2. The van der Waals surface area contributed by atoms with Crippen molar-refractivity contribution < 1.29 is 0 Å². The van der Waals surface area contributed by atoms with Gasteiger partial charge in [0.25, 0.3) is 0 Å². The van der Waals surface area contributed by atoms with Gasteiger partial charge in [-0.2, -0.15) is 4.99 Å². The molecule has 1 aliphatic carbocycles. The molecule has 0 spiro atoms. The molecule has 1 unspecified atom stereocenters. The maximum absolute atomic E-state index is 8.23. The second-order valence-electron chi connectivity index (χ2n) is 6.37. The Morgan fingerprint density at radius 2 is 1.89 bits per heavy atom. The molecule has 1 heterocycles. The fourth-order valence-electron chi connectivity index (χ4n) is 3.44. The van der Waals surface area contributed by atoms with E-state index in [1.165, 1.54) is 5.56 Å². The SMILES string of the molecule is N=C(N)C1(c2ccc(Cl)c(Cl)c2)N=C(N)N=C1N=C1CCc2ccccc21. The van der Waals surface area contributed by atoms with Crippen molar-refractivity contribution in [1.29, 1.82) is 5.41 Å². The fraction of sp³-hybridized carbons (Fsp3) is 0.158. The quantitative estimate of drug-likeness (QED) is 0.532. The molecule has 0 amide bonds. The van der Waals surface area contributed by atoms with Crippen molar-refractivity contribution in [3.63, 3.8) is 0 Å². The number of guanidine groups is 1. The van der Waals surface area contributed by atoms with Gasteiger partial charge in [-0.1, -0.05) is 53.5 Å². The number of fused-ring (bicyclic) bond motifs is 1. The van der Waals surface area contributed by atoms with Gasteiger partial charge in [-0.3, -0.25) is 5.41 Å². The third kappa shape index (κ3) is 2.81. The van der Waals surface area contributed by atoms with Gasteiger partial charge in [0.2, 0.25) is 11.5 Å². The molecule has 0 aromatic heterocycles. The van der Waals surface area contributed by atoms with Crippen LogP contribution in [0, 0.1) is 5.41 Å². The van der Waals surface area contributed by atoms with Crippen molar-refractivity contribution in [3.05, 3.63) is 69.2 Å². The summed E-state index contributed by atoms with van der Waals surface area (Å²) in [4.78, 5) is 13.4. The van der Waals surface area contributed by atoms with Crippen LogP contribution >= 0.6 is 23.2 Å². The third-order valence-corrected chi connectivity index (χ3v) is 5.49. The van der Waals surface area contributed by atoms with Crippen molar-refractivity contribution in [1.82, 2.24) is 0 Å². The molecule has 1 atom stereocenters. The highest BCUT2D eigenvalue weighted by Gasteiger charge is 2.46. The molecule has 0 bridgehead atoms. The first-order valence-electron chi connectivity index (χ1n) is 8.32. The van der Waals surface area contributed by atoms with E-state index in [9.17, 15) is 0 Å². The molecule has 6 nitrogen and oxygen atoms in total. The molecule has 136 valence electrons. The van der Waals surface area contributed by atoms with Gasteiger partial charge in [-0.15, -0.1) is 0 Å². The van der Waals surface area contributed by atoms with Crippen molar-refractivity contribution in [2.45, 2.75) is 18.4 Å². The maximum atomic E-state index is 8.23. The first-order chi connectivity index (χ1) is 12.9. The molecule has 8 heteroatoms. The molecule has 0 fully saturated rings. The Labute approximate surface area is 166 Å². The zero-order valence-corrected chi connectivity index (χ0v) is 15.7. The van der Waals surface area contributed by atoms with E-state index in [0.717, 1.165) is 24.1 Å². The first kappa shape index (κ1) is 17.7. The molecular weight excluding hydrogens is 383 g/mol. The summed E-state index contributed by atoms with van der Waals surface area (Å²) in [5.41, 5.74) is 14.2. The van der Waals surface area contributed by atoms with Crippen LogP contribution in [0.1, 0.15) is 23.1 Å². The molecule has 2 aromatic carbocycles. The van der Waals surface area contributed by atoms with Crippen molar-refractivity contribution in [2.24, 2.45) is 26.4 Å².